The standard InChI is InChI=1S/C12H18O4/c1-12(2,3)16-11(14)8-5-4-7-6-9(8)10(13)15-7/h7-9H,4-6H2,1-3H3/t7?,8-,9?/m1/s1. The van der Waals surface area contributed by atoms with E-state index < -0.39 is 5.60 Å². The zero-order valence-electron chi connectivity index (χ0n) is 9.99. The first-order chi connectivity index (χ1) is 7.37. The van der Waals surface area contributed by atoms with Crippen molar-refractivity contribution in [2.45, 2.75) is 51.7 Å². The van der Waals surface area contributed by atoms with Crippen LogP contribution in [0.15, 0.2) is 0 Å². The molecule has 0 amide bonds. The lowest BCUT2D eigenvalue weighted by Gasteiger charge is -2.27. The molecular formula is C12H18O4. The Labute approximate surface area is 95.3 Å². The molecule has 0 aromatic rings. The number of hydrogen-bond donors (Lipinski definition) is 0. The highest BCUT2D eigenvalue weighted by Crippen LogP contribution is 2.39. The molecule has 1 saturated carbocycles. The first-order valence-electron chi connectivity index (χ1n) is 5.80. The lowest BCUT2D eigenvalue weighted by Crippen LogP contribution is -2.35. The zero-order valence-corrected chi connectivity index (χ0v) is 9.99. The summed E-state index contributed by atoms with van der Waals surface area (Å²) in [4.78, 5) is 23.4. The second kappa shape index (κ2) is 3.75. The van der Waals surface area contributed by atoms with E-state index in [1.54, 1.807) is 0 Å². The van der Waals surface area contributed by atoms with E-state index in [0.717, 1.165) is 6.42 Å². The second-order valence-electron chi connectivity index (χ2n) is 5.62. The van der Waals surface area contributed by atoms with Gasteiger partial charge in [0.2, 0.25) is 0 Å². The predicted octanol–water partition coefficient (Wildman–Crippen LogP) is 1.67. The molecule has 0 aromatic carbocycles. The van der Waals surface area contributed by atoms with Crippen LogP contribution in [-0.4, -0.2) is 23.6 Å². The molecule has 2 rings (SSSR count). The van der Waals surface area contributed by atoms with Crippen molar-refractivity contribution in [3.63, 3.8) is 0 Å². The summed E-state index contributed by atoms with van der Waals surface area (Å²) in [5.74, 6) is -1.05. The molecule has 2 bridgehead atoms. The Hall–Kier alpha value is -1.06. The molecule has 2 aliphatic rings. The summed E-state index contributed by atoms with van der Waals surface area (Å²) < 4.78 is 10.5. The van der Waals surface area contributed by atoms with Crippen molar-refractivity contribution in [2.75, 3.05) is 0 Å². The number of ether oxygens (including phenoxy) is 2. The Balaban J connectivity index is 2.04. The van der Waals surface area contributed by atoms with Crippen LogP contribution in [0, 0.1) is 11.8 Å². The van der Waals surface area contributed by atoms with Gasteiger partial charge in [-0.3, -0.25) is 9.59 Å². The van der Waals surface area contributed by atoms with Crippen LogP contribution in [0.2, 0.25) is 0 Å². The maximum absolute atomic E-state index is 11.9. The summed E-state index contributed by atoms with van der Waals surface area (Å²) in [5, 5.41) is 0. The van der Waals surface area contributed by atoms with Crippen molar-refractivity contribution in [3.05, 3.63) is 0 Å². The van der Waals surface area contributed by atoms with Crippen molar-refractivity contribution in [3.8, 4) is 0 Å². The normalized spacial score (nSPS) is 33.4. The van der Waals surface area contributed by atoms with Gasteiger partial charge in [-0.25, -0.2) is 0 Å². The minimum atomic E-state index is -0.490. The number of carbonyl (C=O) groups excluding carboxylic acids is 2. The molecule has 4 heteroatoms. The number of rotatable bonds is 1. The van der Waals surface area contributed by atoms with Crippen molar-refractivity contribution >= 4 is 11.9 Å². The molecule has 1 saturated heterocycles. The van der Waals surface area contributed by atoms with Gasteiger partial charge < -0.3 is 9.47 Å². The van der Waals surface area contributed by atoms with Crippen LogP contribution >= 0.6 is 0 Å². The summed E-state index contributed by atoms with van der Waals surface area (Å²) in [6.45, 7) is 5.51. The molecule has 3 atom stereocenters. The molecule has 4 nitrogen and oxygen atoms in total. The summed E-state index contributed by atoms with van der Waals surface area (Å²) in [6.07, 6.45) is 2.21. The van der Waals surface area contributed by atoms with Crippen molar-refractivity contribution < 1.29 is 19.1 Å². The first-order valence-corrected chi connectivity index (χ1v) is 5.80. The fourth-order valence-electron chi connectivity index (χ4n) is 2.41. The average molecular weight is 226 g/mol. The van der Waals surface area contributed by atoms with Crippen LogP contribution in [0.25, 0.3) is 0 Å². The number of carbonyl (C=O) groups is 2. The fourth-order valence-corrected chi connectivity index (χ4v) is 2.41. The van der Waals surface area contributed by atoms with E-state index in [-0.39, 0.29) is 29.9 Å². The van der Waals surface area contributed by atoms with Crippen LogP contribution in [-0.2, 0) is 19.1 Å². The van der Waals surface area contributed by atoms with Gasteiger partial charge >= 0.3 is 11.9 Å². The Morgan fingerprint density at radius 1 is 1.38 bits per heavy atom. The Morgan fingerprint density at radius 2 is 2.06 bits per heavy atom. The molecule has 16 heavy (non-hydrogen) atoms. The van der Waals surface area contributed by atoms with Crippen LogP contribution in [0.3, 0.4) is 0 Å². The lowest BCUT2D eigenvalue weighted by atomic mass is 9.80. The second-order valence-corrected chi connectivity index (χ2v) is 5.62. The Morgan fingerprint density at radius 3 is 2.69 bits per heavy atom. The Kier molecular flexibility index (Phi) is 2.68. The van der Waals surface area contributed by atoms with E-state index in [0.29, 0.717) is 12.8 Å². The highest BCUT2D eigenvalue weighted by atomic mass is 16.6. The first kappa shape index (κ1) is 11.4. The third-order valence-corrected chi connectivity index (χ3v) is 3.10. The van der Waals surface area contributed by atoms with Crippen LogP contribution in [0.4, 0.5) is 0 Å². The predicted molar refractivity (Wildman–Crippen MR) is 56.6 cm³/mol. The molecule has 0 spiro atoms. The minimum Gasteiger partial charge on any atom is -0.462 e. The fraction of sp³-hybridized carbons (Fsp3) is 0.833. The van der Waals surface area contributed by atoms with Gasteiger partial charge in [0.05, 0.1) is 11.8 Å². The molecule has 90 valence electrons. The SMILES string of the molecule is CC(C)(C)OC(=O)[C@@H]1CCC2CC1C(=O)O2. The van der Waals surface area contributed by atoms with Gasteiger partial charge in [-0.1, -0.05) is 0 Å². The third kappa shape index (κ3) is 2.20. The Bertz CT molecular complexity index is 315. The monoisotopic (exact) mass is 226 g/mol. The van der Waals surface area contributed by atoms with Crippen LogP contribution < -0.4 is 0 Å². The molecule has 2 unspecified atom stereocenters. The van der Waals surface area contributed by atoms with Crippen molar-refractivity contribution in [1.82, 2.24) is 0 Å². The van der Waals surface area contributed by atoms with Crippen LogP contribution in [0.1, 0.15) is 40.0 Å². The van der Waals surface area contributed by atoms with Gasteiger partial charge in [0, 0.05) is 0 Å². The summed E-state index contributed by atoms with van der Waals surface area (Å²) in [7, 11) is 0. The lowest BCUT2D eigenvalue weighted by molar-refractivity contribution is -0.164. The minimum absolute atomic E-state index is 0.0381. The zero-order chi connectivity index (χ0) is 11.9. The van der Waals surface area contributed by atoms with E-state index in [2.05, 4.69) is 0 Å². The average Bonchev–Trinajstić information content (AvgIpc) is 2.40. The molecule has 0 aromatic heterocycles. The third-order valence-electron chi connectivity index (χ3n) is 3.10. The highest BCUT2D eigenvalue weighted by Gasteiger charge is 2.47. The summed E-state index contributed by atoms with van der Waals surface area (Å²) in [5.41, 5.74) is -0.490. The topological polar surface area (TPSA) is 52.6 Å². The largest absolute Gasteiger partial charge is 0.462 e. The number of fused-ring (bicyclic) bond motifs is 2. The van der Waals surface area contributed by atoms with Crippen LogP contribution in [0.5, 0.6) is 0 Å². The molecule has 1 heterocycles. The van der Waals surface area contributed by atoms with E-state index >= 15 is 0 Å². The summed E-state index contributed by atoms with van der Waals surface area (Å²) in [6, 6.07) is 0. The molecule has 1 aliphatic heterocycles. The molecular weight excluding hydrogens is 208 g/mol. The summed E-state index contributed by atoms with van der Waals surface area (Å²) >= 11 is 0. The van der Waals surface area contributed by atoms with E-state index in [1.165, 1.54) is 0 Å². The van der Waals surface area contributed by atoms with Crippen molar-refractivity contribution in [1.29, 1.82) is 0 Å². The van der Waals surface area contributed by atoms with E-state index in [1.807, 2.05) is 20.8 Å². The maximum atomic E-state index is 11.9. The maximum Gasteiger partial charge on any atom is 0.310 e. The van der Waals surface area contributed by atoms with Gasteiger partial charge in [-0.2, -0.15) is 0 Å². The van der Waals surface area contributed by atoms with E-state index in [9.17, 15) is 9.59 Å². The van der Waals surface area contributed by atoms with Gasteiger partial charge in [-0.15, -0.1) is 0 Å². The van der Waals surface area contributed by atoms with Crippen molar-refractivity contribution in [2.24, 2.45) is 11.8 Å². The van der Waals surface area contributed by atoms with Gasteiger partial charge in [0.25, 0.3) is 0 Å². The number of esters is 2. The molecule has 1 aliphatic carbocycles. The molecule has 0 radical (unpaired) electrons. The highest BCUT2D eigenvalue weighted by molar-refractivity contribution is 5.84. The quantitative estimate of drug-likeness (QED) is 0.638. The van der Waals surface area contributed by atoms with Gasteiger partial charge in [0.15, 0.2) is 0 Å². The van der Waals surface area contributed by atoms with Gasteiger partial charge in [0.1, 0.15) is 11.7 Å². The smallest absolute Gasteiger partial charge is 0.310 e. The van der Waals surface area contributed by atoms with E-state index in [4.69, 9.17) is 9.47 Å². The molecule has 2 fully saturated rings. The number of hydrogen-bond acceptors (Lipinski definition) is 4. The molecule has 0 N–H and O–H groups in total. The van der Waals surface area contributed by atoms with Gasteiger partial charge in [-0.05, 0) is 40.0 Å².